The van der Waals surface area contributed by atoms with Crippen LogP contribution in [0.1, 0.15) is 29.3 Å². The fraction of sp³-hybridized carbons (Fsp3) is 0.312. The van der Waals surface area contributed by atoms with Crippen LogP contribution in [0, 0.1) is 19.8 Å². The highest BCUT2D eigenvalue weighted by molar-refractivity contribution is 5.75. The van der Waals surface area contributed by atoms with Crippen molar-refractivity contribution < 1.29 is 9.90 Å². The Hall–Kier alpha value is -2.23. The average molecular weight is 268 g/mol. The van der Waals surface area contributed by atoms with Crippen molar-refractivity contribution in [2.45, 2.75) is 26.2 Å². The third-order valence-corrected chi connectivity index (χ3v) is 3.77. The Bertz CT molecular complexity index is 682. The molecule has 0 spiro atoms. The zero-order valence-corrected chi connectivity index (χ0v) is 11.5. The number of rotatable bonds is 3. The van der Waals surface area contributed by atoms with E-state index in [1.54, 1.807) is 6.20 Å². The summed E-state index contributed by atoms with van der Waals surface area (Å²) in [6.45, 7) is 4.12. The van der Waals surface area contributed by atoms with Gasteiger partial charge in [-0.2, -0.15) is 0 Å². The van der Waals surface area contributed by atoms with Crippen LogP contribution in [0.25, 0.3) is 11.3 Å². The highest BCUT2D eigenvalue weighted by atomic mass is 16.4. The molecule has 102 valence electrons. The molecule has 3 rings (SSSR count). The first-order valence-corrected chi connectivity index (χ1v) is 6.69. The number of carboxylic acid groups (broad SMARTS) is 1. The van der Waals surface area contributed by atoms with Crippen molar-refractivity contribution in [3.05, 3.63) is 47.4 Å². The van der Waals surface area contributed by atoms with E-state index in [9.17, 15) is 4.79 Å². The third-order valence-electron chi connectivity index (χ3n) is 3.77. The summed E-state index contributed by atoms with van der Waals surface area (Å²) >= 11 is 0. The van der Waals surface area contributed by atoms with Crippen molar-refractivity contribution in [1.29, 1.82) is 0 Å². The number of carbonyl (C=O) groups is 1. The van der Waals surface area contributed by atoms with E-state index in [4.69, 9.17) is 5.11 Å². The standard InChI is InChI=1S/C16H16N2O2/c1-9-3-4-11(10(2)7-9)14-5-6-17-15(18-14)12-8-13(12)16(19)20/h3-7,12-13H,8H2,1-2H3,(H,19,20). The number of hydrogen-bond acceptors (Lipinski definition) is 3. The van der Waals surface area contributed by atoms with Gasteiger partial charge in [0.15, 0.2) is 0 Å². The lowest BCUT2D eigenvalue weighted by Crippen LogP contribution is -2.02. The molecule has 1 aromatic heterocycles. The molecule has 2 unspecified atom stereocenters. The van der Waals surface area contributed by atoms with Crippen molar-refractivity contribution in [3.63, 3.8) is 0 Å². The van der Waals surface area contributed by atoms with Gasteiger partial charge in [-0.3, -0.25) is 4.79 Å². The van der Waals surface area contributed by atoms with Gasteiger partial charge < -0.3 is 5.11 Å². The van der Waals surface area contributed by atoms with Gasteiger partial charge in [0.2, 0.25) is 0 Å². The third kappa shape index (κ3) is 2.29. The molecule has 1 aliphatic carbocycles. The number of hydrogen-bond donors (Lipinski definition) is 1. The molecule has 2 aromatic rings. The van der Waals surface area contributed by atoms with E-state index in [-0.39, 0.29) is 11.8 Å². The summed E-state index contributed by atoms with van der Waals surface area (Å²) < 4.78 is 0. The Balaban J connectivity index is 1.94. The highest BCUT2D eigenvalue weighted by Gasteiger charge is 2.46. The van der Waals surface area contributed by atoms with E-state index in [0.717, 1.165) is 11.3 Å². The van der Waals surface area contributed by atoms with Gasteiger partial charge in [-0.15, -0.1) is 0 Å². The van der Waals surface area contributed by atoms with Crippen LogP contribution >= 0.6 is 0 Å². The highest BCUT2D eigenvalue weighted by Crippen LogP contribution is 2.46. The second-order valence-corrected chi connectivity index (χ2v) is 5.41. The summed E-state index contributed by atoms with van der Waals surface area (Å²) in [4.78, 5) is 19.7. The van der Waals surface area contributed by atoms with E-state index in [1.807, 2.05) is 6.07 Å². The molecule has 1 N–H and O–H groups in total. The quantitative estimate of drug-likeness (QED) is 0.929. The second kappa shape index (κ2) is 4.71. The van der Waals surface area contributed by atoms with Crippen molar-refractivity contribution in [3.8, 4) is 11.3 Å². The predicted molar refractivity (Wildman–Crippen MR) is 75.4 cm³/mol. The number of benzene rings is 1. The molecule has 4 nitrogen and oxygen atoms in total. The maximum absolute atomic E-state index is 10.9. The zero-order valence-electron chi connectivity index (χ0n) is 11.5. The van der Waals surface area contributed by atoms with Crippen LogP contribution in [0.5, 0.6) is 0 Å². The van der Waals surface area contributed by atoms with Gasteiger partial charge in [0.1, 0.15) is 5.82 Å². The number of nitrogens with zero attached hydrogens (tertiary/aromatic N) is 2. The van der Waals surface area contributed by atoms with Crippen molar-refractivity contribution in [1.82, 2.24) is 9.97 Å². The van der Waals surface area contributed by atoms with Gasteiger partial charge in [-0.1, -0.05) is 23.8 Å². The van der Waals surface area contributed by atoms with Gasteiger partial charge in [-0.05, 0) is 31.9 Å². The predicted octanol–water partition coefficient (Wildman–Crippen LogP) is 2.95. The Kier molecular flexibility index (Phi) is 3.01. The SMILES string of the molecule is Cc1ccc(-c2ccnc(C3CC3C(=O)O)n2)c(C)c1. The summed E-state index contributed by atoms with van der Waals surface area (Å²) in [5.41, 5.74) is 4.32. The van der Waals surface area contributed by atoms with Gasteiger partial charge >= 0.3 is 5.97 Å². The molecule has 20 heavy (non-hydrogen) atoms. The maximum atomic E-state index is 10.9. The Morgan fingerprint density at radius 2 is 2.10 bits per heavy atom. The molecule has 1 fully saturated rings. The van der Waals surface area contributed by atoms with Crippen molar-refractivity contribution in [2.75, 3.05) is 0 Å². The molecule has 1 aromatic carbocycles. The van der Waals surface area contributed by atoms with E-state index in [2.05, 4.69) is 42.0 Å². The molecule has 0 radical (unpaired) electrons. The Morgan fingerprint density at radius 3 is 2.75 bits per heavy atom. The smallest absolute Gasteiger partial charge is 0.307 e. The summed E-state index contributed by atoms with van der Waals surface area (Å²) in [6, 6.07) is 8.10. The van der Waals surface area contributed by atoms with E-state index < -0.39 is 5.97 Å². The van der Waals surface area contributed by atoms with Crippen LogP contribution in [0.3, 0.4) is 0 Å². The molecule has 0 bridgehead atoms. The normalized spacial score (nSPS) is 20.7. The number of aryl methyl sites for hydroxylation is 2. The molecule has 0 aliphatic heterocycles. The van der Waals surface area contributed by atoms with Crippen LogP contribution in [0.15, 0.2) is 30.5 Å². The summed E-state index contributed by atoms with van der Waals surface area (Å²) in [5, 5.41) is 8.99. The fourth-order valence-corrected chi connectivity index (χ4v) is 2.56. The molecule has 1 aliphatic rings. The number of aromatic nitrogens is 2. The minimum absolute atomic E-state index is 0.0294. The molecule has 1 saturated carbocycles. The monoisotopic (exact) mass is 268 g/mol. The first kappa shape index (κ1) is 12.8. The van der Waals surface area contributed by atoms with Gasteiger partial charge in [-0.25, -0.2) is 9.97 Å². The lowest BCUT2D eigenvalue weighted by molar-refractivity contribution is -0.138. The average Bonchev–Trinajstić information content (AvgIpc) is 3.19. The minimum Gasteiger partial charge on any atom is -0.481 e. The lowest BCUT2D eigenvalue weighted by Gasteiger charge is -2.07. The largest absolute Gasteiger partial charge is 0.481 e. The van der Waals surface area contributed by atoms with E-state index in [1.165, 1.54) is 11.1 Å². The minimum atomic E-state index is -0.754. The molecule has 0 amide bonds. The van der Waals surface area contributed by atoms with Crippen LogP contribution in [-0.2, 0) is 4.79 Å². The van der Waals surface area contributed by atoms with Crippen molar-refractivity contribution in [2.24, 2.45) is 5.92 Å². The van der Waals surface area contributed by atoms with Crippen LogP contribution in [0.4, 0.5) is 0 Å². The first-order valence-electron chi connectivity index (χ1n) is 6.69. The van der Waals surface area contributed by atoms with Gasteiger partial charge in [0, 0.05) is 17.7 Å². The fourth-order valence-electron chi connectivity index (χ4n) is 2.56. The molecule has 2 atom stereocenters. The zero-order chi connectivity index (χ0) is 14.3. The van der Waals surface area contributed by atoms with Crippen LogP contribution < -0.4 is 0 Å². The van der Waals surface area contributed by atoms with Gasteiger partial charge in [0.25, 0.3) is 0 Å². The first-order chi connectivity index (χ1) is 9.56. The molecule has 4 heteroatoms. The summed E-state index contributed by atoms with van der Waals surface area (Å²) in [7, 11) is 0. The number of carboxylic acids is 1. The van der Waals surface area contributed by atoms with Crippen molar-refractivity contribution >= 4 is 5.97 Å². The topological polar surface area (TPSA) is 63.1 Å². The second-order valence-electron chi connectivity index (χ2n) is 5.41. The van der Waals surface area contributed by atoms with Crippen LogP contribution in [-0.4, -0.2) is 21.0 Å². The van der Waals surface area contributed by atoms with Crippen LogP contribution in [0.2, 0.25) is 0 Å². The molecular weight excluding hydrogens is 252 g/mol. The Labute approximate surface area is 117 Å². The summed E-state index contributed by atoms with van der Waals surface area (Å²) in [5.74, 6) is -0.451. The maximum Gasteiger partial charge on any atom is 0.307 e. The lowest BCUT2D eigenvalue weighted by atomic mass is 10.0. The Morgan fingerprint density at radius 1 is 1.30 bits per heavy atom. The van der Waals surface area contributed by atoms with E-state index >= 15 is 0 Å². The van der Waals surface area contributed by atoms with E-state index in [0.29, 0.717) is 12.2 Å². The van der Waals surface area contributed by atoms with Gasteiger partial charge in [0.05, 0.1) is 11.6 Å². The molecule has 0 saturated heterocycles. The molecule has 1 heterocycles. The molecular formula is C16H16N2O2. The number of aliphatic carboxylic acids is 1. The summed E-state index contributed by atoms with van der Waals surface area (Å²) in [6.07, 6.45) is 2.36.